The zero-order valence-corrected chi connectivity index (χ0v) is 15.1. The molecule has 1 aliphatic heterocycles. The molecule has 1 N–H and O–H groups in total. The molecule has 5 nitrogen and oxygen atoms in total. The molecular weight excluding hydrogens is 332 g/mol. The van der Waals surface area contributed by atoms with Gasteiger partial charge >= 0.3 is 0 Å². The first-order chi connectivity index (χ1) is 12.2. The van der Waals surface area contributed by atoms with Crippen molar-refractivity contribution < 1.29 is 4.79 Å². The van der Waals surface area contributed by atoms with Gasteiger partial charge in [0.05, 0.1) is 16.8 Å². The molecule has 0 saturated carbocycles. The van der Waals surface area contributed by atoms with Crippen LogP contribution in [0.4, 0.5) is 0 Å². The number of rotatable bonds is 4. The van der Waals surface area contributed by atoms with Gasteiger partial charge in [0.1, 0.15) is 5.65 Å². The number of aromatic nitrogens is 2. The quantitative estimate of drug-likeness (QED) is 0.783. The fourth-order valence-electron chi connectivity index (χ4n) is 3.42. The molecule has 0 bridgehead atoms. The topological polar surface area (TPSA) is 49.6 Å². The highest BCUT2D eigenvalue weighted by atomic mass is 32.1. The van der Waals surface area contributed by atoms with Crippen LogP contribution in [0.2, 0.25) is 0 Å². The van der Waals surface area contributed by atoms with Crippen LogP contribution in [0.15, 0.2) is 42.0 Å². The Bertz CT molecular complexity index is 863. The molecule has 1 fully saturated rings. The van der Waals surface area contributed by atoms with E-state index in [0.717, 1.165) is 43.0 Å². The first-order valence-electron chi connectivity index (χ1n) is 8.70. The van der Waals surface area contributed by atoms with Crippen LogP contribution in [0.5, 0.6) is 0 Å². The summed E-state index contributed by atoms with van der Waals surface area (Å²) in [7, 11) is 0. The lowest BCUT2D eigenvalue weighted by molar-refractivity contribution is 0.0709. The Balaban J connectivity index is 1.33. The number of carbonyl (C=O) groups is 1. The molecule has 1 amide bonds. The second-order valence-electron chi connectivity index (χ2n) is 6.56. The number of fused-ring (bicyclic) bond motifs is 1. The molecule has 1 saturated heterocycles. The summed E-state index contributed by atoms with van der Waals surface area (Å²) in [5, 5.41) is 5.59. The number of aryl methyl sites for hydroxylation is 1. The highest BCUT2D eigenvalue weighted by Gasteiger charge is 2.24. The minimum atomic E-state index is 0.172. The maximum atomic E-state index is 12.4. The third kappa shape index (κ3) is 3.32. The molecule has 4 heterocycles. The number of nitrogens with zero attached hydrogens (tertiary/aromatic N) is 3. The van der Waals surface area contributed by atoms with Crippen molar-refractivity contribution in [3.05, 3.63) is 58.2 Å². The molecule has 25 heavy (non-hydrogen) atoms. The van der Waals surface area contributed by atoms with E-state index in [0.29, 0.717) is 6.04 Å². The van der Waals surface area contributed by atoms with Crippen LogP contribution in [0, 0.1) is 6.92 Å². The number of piperidine rings is 1. The van der Waals surface area contributed by atoms with Crippen molar-refractivity contribution in [2.45, 2.75) is 32.4 Å². The van der Waals surface area contributed by atoms with Gasteiger partial charge in [0.25, 0.3) is 5.91 Å². The van der Waals surface area contributed by atoms with Gasteiger partial charge < -0.3 is 14.6 Å². The summed E-state index contributed by atoms with van der Waals surface area (Å²) in [6, 6.07) is 8.43. The summed E-state index contributed by atoms with van der Waals surface area (Å²) in [5.74, 6) is 0.172. The largest absolute Gasteiger partial charge is 0.338 e. The summed E-state index contributed by atoms with van der Waals surface area (Å²) in [6.07, 6.45) is 6.00. The molecule has 0 spiro atoms. The first-order valence-corrected chi connectivity index (χ1v) is 9.58. The molecule has 3 aromatic rings. The van der Waals surface area contributed by atoms with Crippen molar-refractivity contribution >= 4 is 22.9 Å². The molecule has 1 aliphatic rings. The zero-order valence-electron chi connectivity index (χ0n) is 14.3. The van der Waals surface area contributed by atoms with E-state index in [-0.39, 0.29) is 5.91 Å². The highest BCUT2D eigenvalue weighted by molar-refractivity contribution is 7.12. The van der Waals surface area contributed by atoms with Crippen LogP contribution >= 0.6 is 11.3 Å². The second kappa shape index (κ2) is 6.98. The molecular formula is C19H22N4OS. The summed E-state index contributed by atoms with van der Waals surface area (Å²) >= 11 is 1.52. The minimum absolute atomic E-state index is 0.172. The van der Waals surface area contributed by atoms with Crippen LogP contribution < -0.4 is 5.32 Å². The fourth-order valence-corrected chi connectivity index (χ4v) is 4.12. The Morgan fingerprint density at radius 3 is 2.92 bits per heavy atom. The van der Waals surface area contributed by atoms with Gasteiger partial charge in [-0.05, 0) is 42.8 Å². The lowest BCUT2D eigenvalue weighted by atomic mass is 10.0. The molecule has 0 unspecified atom stereocenters. The maximum Gasteiger partial charge on any atom is 0.263 e. The van der Waals surface area contributed by atoms with E-state index >= 15 is 0 Å². The predicted octanol–water partition coefficient (Wildman–Crippen LogP) is 3.10. The number of hydrogen-bond acceptors (Lipinski definition) is 4. The van der Waals surface area contributed by atoms with Crippen LogP contribution in [0.3, 0.4) is 0 Å². The second-order valence-corrected chi connectivity index (χ2v) is 7.51. The summed E-state index contributed by atoms with van der Waals surface area (Å²) in [5.41, 5.74) is 3.39. The number of amides is 1. The van der Waals surface area contributed by atoms with Crippen molar-refractivity contribution in [2.75, 3.05) is 13.1 Å². The molecule has 0 radical (unpaired) electrons. The third-order valence-corrected chi connectivity index (χ3v) is 5.75. The molecule has 6 heteroatoms. The van der Waals surface area contributed by atoms with E-state index < -0.39 is 0 Å². The van der Waals surface area contributed by atoms with E-state index in [1.54, 1.807) is 0 Å². The van der Waals surface area contributed by atoms with E-state index in [1.165, 1.54) is 22.6 Å². The third-order valence-electron chi connectivity index (χ3n) is 4.89. The van der Waals surface area contributed by atoms with Crippen molar-refractivity contribution in [1.82, 2.24) is 19.6 Å². The first kappa shape index (κ1) is 16.3. The summed E-state index contributed by atoms with van der Waals surface area (Å²) in [4.78, 5) is 19.7. The monoisotopic (exact) mass is 354 g/mol. The van der Waals surface area contributed by atoms with Crippen LogP contribution in [0.25, 0.3) is 5.65 Å². The van der Waals surface area contributed by atoms with Gasteiger partial charge in [0.15, 0.2) is 0 Å². The number of thiophene rings is 1. The van der Waals surface area contributed by atoms with Gasteiger partial charge in [-0.15, -0.1) is 11.3 Å². The SMILES string of the molecule is Cc1cccn2c(CNC3CCN(C(=O)c4cccs4)CC3)cnc12. The Morgan fingerprint density at radius 1 is 1.32 bits per heavy atom. The van der Waals surface area contributed by atoms with Gasteiger partial charge in [-0.3, -0.25) is 4.79 Å². The van der Waals surface area contributed by atoms with Gasteiger partial charge in [0, 0.05) is 31.9 Å². The number of carbonyl (C=O) groups excluding carboxylic acids is 1. The lowest BCUT2D eigenvalue weighted by Crippen LogP contribution is -2.44. The fraction of sp³-hybridized carbons (Fsp3) is 0.368. The normalized spacial score (nSPS) is 15.8. The molecule has 3 aromatic heterocycles. The van der Waals surface area contributed by atoms with Crippen LogP contribution in [0.1, 0.15) is 33.8 Å². The number of pyridine rings is 1. The van der Waals surface area contributed by atoms with Gasteiger partial charge in [-0.2, -0.15) is 0 Å². The molecule has 0 atom stereocenters. The van der Waals surface area contributed by atoms with E-state index in [9.17, 15) is 4.79 Å². The minimum Gasteiger partial charge on any atom is -0.338 e. The van der Waals surface area contributed by atoms with Gasteiger partial charge in [-0.25, -0.2) is 4.98 Å². The molecule has 0 aromatic carbocycles. The average Bonchev–Trinajstić information content (AvgIpc) is 3.30. The Hall–Kier alpha value is -2.18. The number of nitrogens with one attached hydrogen (secondary N) is 1. The van der Waals surface area contributed by atoms with Crippen molar-refractivity contribution in [3.8, 4) is 0 Å². The number of imidazole rings is 1. The summed E-state index contributed by atoms with van der Waals surface area (Å²) in [6.45, 7) is 4.52. The van der Waals surface area contributed by atoms with E-state index in [2.05, 4.69) is 40.0 Å². The number of likely N-dealkylation sites (tertiary alicyclic amines) is 1. The van der Waals surface area contributed by atoms with E-state index in [4.69, 9.17) is 0 Å². The van der Waals surface area contributed by atoms with E-state index in [1.807, 2.05) is 28.6 Å². The average molecular weight is 354 g/mol. The van der Waals surface area contributed by atoms with Gasteiger partial charge in [-0.1, -0.05) is 12.1 Å². The number of hydrogen-bond donors (Lipinski definition) is 1. The lowest BCUT2D eigenvalue weighted by Gasteiger charge is -2.32. The highest BCUT2D eigenvalue weighted by Crippen LogP contribution is 2.18. The maximum absolute atomic E-state index is 12.4. The Kier molecular flexibility index (Phi) is 4.55. The Labute approximate surface area is 151 Å². The zero-order chi connectivity index (χ0) is 17.2. The van der Waals surface area contributed by atoms with Crippen LogP contribution in [-0.4, -0.2) is 39.3 Å². The van der Waals surface area contributed by atoms with Crippen molar-refractivity contribution in [1.29, 1.82) is 0 Å². The summed E-state index contributed by atoms with van der Waals surface area (Å²) < 4.78 is 2.15. The standard InChI is InChI=1S/C19H22N4OS/c1-14-4-2-8-23-16(13-21-18(14)23)12-20-15-6-9-22(10-7-15)19(24)17-5-3-11-25-17/h2-5,8,11,13,15,20H,6-7,9-10,12H2,1H3. The molecule has 0 aliphatic carbocycles. The molecule has 4 rings (SSSR count). The predicted molar refractivity (Wildman–Crippen MR) is 100 cm³/mol. The Morgan fingerprint density at radius 2 is 2.16 bits per heavy atom. The van der Waals surface area contributed by atoms with Crippen LogP contribution in [-0.2, 0) is 6.54 Å². The molecule has 130 valence electrons. The smallest absolute Gasteiger partial charge is 0.263 e. The van der Waals surface area contributed by atoms with Gasteiger partial charge in [0.2, 0.25) is 0 Å². The van der Waals surface area contributed by atoms with Crippen molar-refractivity contribution in [2.24, 2.45) is 0 Å². The van der Waals surface area contributed by atoms with Crippen molar-refractivity contribution in [3.63, 3.8) is 0 Å².